The molecule has 24 heavy (non-hydrogen) atoms. The van der Waals surface area contributed by atoms with Crippen molar-refractivity contribution < 1.29 is 18.3 Å². The summed E-state index contributed by atoms with van der Waals surface area (Å²) in [5, 5.41) is 9.06. The Morgan fingerprint density at radius 1 is 1.50 bits per heavy atom. The fraction of sp³-hybridized carbons (Fsp3) is 0.294. The Bertz CT molecular complexity index is 815. The molecule has 3 rings (SSSR count). The highest BCUT2D eigenvalue weighted by Crippen LogP contribution is 2.44. The van der Waals surface area contributed by atoms with E-state index in [0.717, 1.165) is 10.5 Å². The summed E-state index contributed by atoms with van der Waals surface area (Å²) in [5.41, 5.74) is -1.05. The number of halogens is 3. The molecule has 2 aliphatic rings. The van der Waals surface area contributed by atoms with Gasteiger partial charge in [-0.25, -0.2) is 8.78 Å². The zero-order chi connectivity index (χ0) is 17.5. The number of amides is 1. The molecule has 1 amide bonds. The SMILES string of the molecule is C[C@@]1(C2C=C(F)C=C(F)C2)Oc2ccc(Br)cc2N(CC#N)C1=O. The van der Waals surface area contributed by atoms with Gasteiger partial charge in [0.05, 0.1) is 11.8 Å². The first kappa shape index (κ1) is 16.7. The predicted octanol–water partition coefficient (Wildman–Crippen LogP) is 4.18. The highest BCUT2D eigenvalue weighted by molar-refractivity contribution is 9.10. The van der Waals surface area contributed by atoms with Crippen LogP contribution < -0.4 is 9.64 Å². The second kappa shape index (κ2) is 6.02. The van der Waals surface area contributed by atoms with E-state index in [1.54, 1.807) is 18.2 Å². The number of nitriles is 1. The van der Waals surface area contributed by atoms with Gasteiger partial charge in [0.15, 0.2) is 5.60 Å². The van der Waals surface area contributed by atoms with Crippen molar-refractivity contribution in [3.8, 4) is 11.8 Å². The molecule has 1 aliphatic carbocycles. The van der Waals surface area contributed by atoms with Crippen LogP contribution in [0.2, 0.25) is 0 Å². The summed E-state index contributed by atoms with van der Waals surface area (Å²) in [6.45, 7) is 1.32. The first-order valence-electron chi connectivity index (χ1n) is 7.26. The predicted molar refractivity (Wildman–Crippen MR) is 87.6 cm³/mol. The minimum Gasteiger partial charge on any atom is -0.475 e. The molecule has 0 radical (unpaired) electrons. The van der Waals surface area contributed by atoms with Crippen LogP contribution in [0.4, 0.5) is 14.5 Å². The number of ether oxygens (including phenoxy) is 1. The molecule has 1 aliphatic heterocycles. The fourth-order valence-electron chi connectivity index (χ4n) is 2.97. The van der Waals surface area contributed by atoms with E-state index in [1.807, 2.05) is 6.07 Å². The zero-order valence-electron chi connectivity index (χ0n) is 12.7. The Balaban J connectivity index is 2.08. The Morgan fingerprint density at radius 2 is 2.25 bits per heavy atom. The highest BCUT2D eigenvalue weighted by Gasteiger charge is 2.50. The molecular weight excluding hydrogens is 382 g/mol. The van der Waals surface area contributed by atoms with E-state index in [0.29, 0.717) is 11.4 Å². The van der Waals surface area contributed by atoms with Gasteiger partial charge in [-0.05, 0) is 31.2 Å². The molecule has 7 heteroatoms. The molecule has 1 aromatic rings. The first-order valence-corrected chi connectivity index (χ1v) is 8.05. The summed E-state index contributed by atoms with van der Waals surface area (Å²) >= 11 is 3.32. The van der Waals surface area contributed by atoms with E-state index in [2.05, 4.69) is 15.9 Å². The summed E-state index contributed by atoms with van der Waals surface area (Å²) in [7, 11) is 0. The summed E-state index contributed by atoms with van der Waals surface area (Å²) in [5.74, 6) is -2.31. The zero-order valence-corrected chi connectivity index (χ0v) is 14.3. The summed E-state index contributed by atoms with van der Waals surface area (Å²) in [4.78, 5) is 14.2. The normalized spacial score (nSPS) is 26.0. The lowest BCUT2D eigenvalue weighted by molar-refractivity contribution is -0.137. The van der Waals surface area contributed by atoms with Crippen LogP contribution in [0.1, 0.15) is 13.3 Å². The molecule has 4 nitrogen and oxygen atoms in total. The largest absolute Gasteiger partial charge is 0.475 e. The highest BCUT2D eigenvalue weighted by atomic mass is 79.9. The third-order valence-corrected chi connectivity index (χ3v) is 4.70. The lowest BCUT2D eigenvalue weighted by Gasteiger charge is -2.43. The van der Waals surface area contributed by atoms with E-state index >= 15 is 0 Å². The van der Waals surface area contributed by atoms with Gasteiger partial charge >= 0.3 is 0 Å². The van der Waals surface area contributed by atoms with Crippen LogP contribution >= 0.6 is 15.9 Å². The number of benzene rings is 1. The van der Waals surface area contributed by atoms with E-state index in [-0.39, 0.29) is 13.0 Å². The molecule has 1 unspecified atom stereocenters. The third-order valence-electron chi connectivity index (χ3n) is 4.21. The Morgan fingerprint density at radius 3 is 2.92 bits per heavy atom. The number of anilines is 1. The van der Waals surface area contributed by atoms with Gasteiger partial charge in [-0.2, -0.15) is 5.26 Å². The minimum absolute atomic E-state index is 0.137. The molecule has 0 spiro atoms. The minimum atomic E-state index is -1.50. The quantitative estimate of drug-likeness (QED) is 0.706. The number of carbonyl (C=O) groups excluding carboxylic acids is 1. The molecule has 0 fully saturated rings. The molecule has 2 atom stereocenters. The van der Waals surface area contributed by atoms with Gasteiger partial charge in [-0.3, -0.25) is 9.69 Å². The lowest BCUT2D eigenvalue weighted by Crippen LogP contribution is -2.58. The standard InChI is InChI=1S/C17H13BrF2N2O2/c1-17(10-6-12(19)9-13(20)7-10)16(23)22(5-4-21)14-8-11(18)2-3-15(14)24-17/h2-3,6,8-10H,5,7H2,1H3/t10?,17-/m0/s1. The molecule has 124 valence electrons. The average molecular weight is 395 g/mol. The number of hydrogen-bond donors (Lipinski definition) is 0. The molecule has 1 heterocycles. The molecule has 0 aromatic heterocycles. The number of rotatable bonds is 2. The van der Waals surface area contributed by atoms with E-state index < -0.39 is 29.1 Å². The molecule has 0 N–H and O–H groups in total. The van der Waals surface area contributed by atoms with Crippen molar-refractivity contribution in [2.45, 2.75) is 18.9 Å². The van der Waals surface area contributed by atoms with Crippen molar-refractivity contribution in [1.29, 1.82) is 5.26 Å². The maximum absolute atomic E-state index is 13.7. The van der Waals surface area contributed by atoms with Crippen molar-refractivity contribution in [3.63, 3.8) is 0 Å². The average Bonchev–Trinajstić information content (AvgIpc) is 2.52. The first-order chi connectivity index (χ1) is 11.3. The second-order valence-electron chi connectivity index (χ2n) is 5.82. The van der Waals surface area contributed by atoms with Crippen molar-refractivity contribution in [1.82, 2.24) is 0 Å². The lowest BCUT2D eigenvalue weighted by atomic mass is 9.81. The van der Waals surface area contributed by atoms with Crippen molar-refractivity contribution >= 4 is 27.5 Å². The molecular formula is C17H13BrF2N2O2. The number of nitrogens with zero attached hydrogens (tertiary/aromatic N) is 2. The van der Waals surface area contributed by atoms with Gasteiger partial charge in [0.1, 0.15) is 23.9 Å². The number of fused-ring (bicyclic) bond motifs is 1. The van der Waals surface area contributed by atoms with Gasteiger partial charge < -0.3 is 4.74 Å². The van der Waals surface area contributed by atoms with E-state index in [9.17, 15) is 13.6 Å². The van der Waals surface area contributed by atoms with Crippen LogP contribution in [0.3, 0.4) is 0 Å². The van der Waals surface area contributed by atoms with Crippen LogP contribution in [0.5, 0.6) is 5.75 Å². The smallest absolute Gasteiger partial charge is 0.272 e. The number of carbonyl (C=O) groups is 1. The van der Waals surface area contributed by atoms with Crippen LogP contribution in [0.25, 0.3) is 0 Å². The van der Waals surface area contributed by atoms with Gasteiger partial charge in [0.25, 0.3) is 5.91 Å². The van der Waals surface area contributed by atoms with Crippen molar-refractivity contribution in [2.75, 3.05) is 11.4 Å². The number of allylic oxidation sites excluding steroid dienone is 3. The van der Waals surface area contributed by atoms with Gasteiger partial charge in [-0.1, -0.05) is 15.9 Å². The maximum Gasteiger partial charge on any atom is 0.272 e. The van der Waals surface area contributed by atoms with Crippen molar-refractivity contribution in [3.05, 3.63) is 46.5 Å². The summed E-state index contributed by atoms with van der Waals surface area (Å²) < 4.78 is 33.9. The number of hydrogen-bond acceptors (Lipinski definition) is 3. The van der Waals surface area contributed by atoms with Crippen LogP contribution in [0, 0.1) is 17.2 Å². The molecule has 1 aromatic carbocycles. The second-order valence-corrected chi connectivity index (χ2v) is 6.74. The van der Waals surface area contributed by atoms with Crippen LogP contribution in [-0.4, -0.2) is 18.1 Å². The third kappa shape index (κ3) is 2.71. The van der Waals surface area contributed by atoms with Crippen LogP contribution in [-0.2, 0) is 4.79 Å². The Hall–Kier alpha value is -2.20. The van der Waals surface area contributed by atoms with Crippen molar-refractivity contribution in [2.24, 2.45) is 5.92 Å². The van der Waals surface area contributed by atoms with E-state index in [1.165, 1.54) is 17.9 Å². The van der Waals surface area contributed by atoms with Gasteiger partial charge in [0.2, 0.25) is 0 Å². The molecule has 0 saturated carbocycles. The van der Waals surface area contributed by atoms with E-state index in [4.69, 9.17) is 10.00 Å². The summed E-state index contributed by atoms with van der Waals surface area (Å²) in [6.07, 6.45) is 1.85. The van der Waals surface area contributed by atoms with Crippen LogP contribution in [0.15, 0.2) is 46.5 Å². The molecule has 0 bridgehead atoms. The Kier molecular flexibility index (Phi) is 4.18. The topological polar surface area (TPSA) is 53.3 Å². The monoisotopic (exact) mass is 394 g/mol. The molecule has 0 saturated heterocycles. The summed E-state index contributed by atoms with van der Waals surface area (Å²) in [6, 6.07) is 7.00. The van der Waals surface area contributed by atoms with Gasteiger partial charge in [0, 0.05) is 22.9 Å². The van der Waals surface area contributed by atoms with Gasteiger partial charge in [-0.15, -0.1) is 0 Å². The fourth-order valence-corrected chi connectivity index (χ4v) is 3.32. The maximum atomic E-state index is 13.7. The Labute approximate surface area is 146 Å².